The Morgan fingerprint density at radius 1 is 1.17 bits per heavy atom. The van der Waals surface area contributed by atoms with Gasteiger partial charge >= 0.3 is 0 Å². The maximum Gasteiger partial charge on any atom is 0.263 e. The summed E-state index contributed by atoms with van der Waals surface area (Å²) in [4.78, 5) is 16.8. The molecule has 2 aliphatic heterocycles. The Kier molecular flexibility index (Phi) is 4.17. The summed E-state index contributed by atoms with van der Waals surface area (Å²) in [6, 6.07) is 4.44. The molecule has 0 bridgehead atoms. The molecule has 0 aromatic carbocycles. The average Bonchev–Trinajstić information content (AvgIpc) is 3.26. The standard InChI is InChI=1S/C17H24N2O3S/c20-13-6-10-8-19(9-11(10)7-14(13)21)17(22)16-4-3-15(23-16)12-2-1-5-18-12/h3-4,10-14,18,20-21H,1-2,5-9H2/t10-,11+,12?,13-,14-/m1/s1. The van der Waals surface area contributed by atoms with Crippen molar-refractivity contribution >= 4 is 17.2 Å². The fourth-order valence-corrected chi connectivity index (χ4v) is 5.40. The third-order valence-electron chi connectivity index (χ3n) is 5.64. The first-order valence-electron chi connectivity index (χ1n) is 8.60. The molecule has 1 saturated carbocycles. The molecule has 3 aliphatic rings. The largest absolute Gasteiger partial charge is 0.390 e. The summed E-state index contributed by atoms with van der Waals surface area (Å²) in [6.07, 6.45) is 2.31. The number of aliphatic hydroxyl groups excluding tert-OH is 2. The Bertz CT molecular complexity index is 566. The molecular formula is C17H24N2O3S. The Hall–Kier alpha value is -0.950. The third-order valence-corrected chi connectivity index (χ3v) is 6.82. The van der Waals surface area contributed by atoms with Gasteiger partial charge in [0.25, 0.3) is 5.91 Å². The van der Waals surface area contributed by atoms with Gasteiger partial charge in [-0.3, -0.25) is 4.79 Å². The van der Waals surface area contributed by atoms with E-state index in [0.29, 0.717) is 43.8 Å². The van der Waals surface area contributed by atoms with E-state index in [1.165, 1.54) is 11.3 Å². The number of carbonyl (C=O) groups excluding carboxylic acids is 1. The summed E-state index contributed by atoms with van der Waals surface area (Å²) in [5.74, 6) is 0.763. The number of hydrogen-bond acceptors (Lipinski definition) is 5. The second kappa shape index (κ2) is 6.16. The molecule has 0 spiro atoms. The van der Waals surface area contributed by atoms with Gasteiger partial charge in [0.05, 0.1) is 17.1 Å². The smallest absolute Gasteiger partial charge is 0.263 e. The SMILES string of the molecule is O=C(c1ccc(C2CCCN2)s1)N1C[C@H]2C[C@@H](O)[C@H](O)C[C@H]2C1. The molecule has 6 heteroatoms. The van der Waals surface area contributed by atoms with Crippen LogP contribution in [-0.2, 0) is 0 Å². The van der Waals surface area contributed by atoms with Crippen molar-refractivity contribution in [2.45, 2.75) is 43.9 Å². The minimum Gasteiger partial charge on any atom is -0.390 e. The van der Waals surface area contributed by atoms with Gasteiger partial charge in [-0.1, -0.05) is 0 Å². The van der Waals surface area contributed by atoms with Gasteiger partial charge in [0.15, 0.2) is 0 Å². The zero-order valence-corrected chi connectivity index (χ0v) is 14.0. The van der Waals surface area contributed by atoms with Crippen LogP contribution in [0.5, 0.6) is 0 Å². The number of aliphatic hydroxyl groups is 2. The number of fused-ring (bicyclic) bond motifs is 1. The van der Waals surface area contributed by atoms with Gasteiger partial charge in [0.1, 0.15) is 0 Å². The normalized spacial score (nSPS) is 37.1. The molecule has 1 aromatic heterocycles. The molecule has 4 rings (SSSR count). The topological polar surface area (TPSA) is 72.8 Å². The number of likely N-dealkylation sites (tertiary alicyclic amines) is 1. The zero-order valence-electron chi connectivity index (χ0n) is 13.1. The lowest BCUT2D eigenvalue weighted by atomic mass is 9.79. The van der Waals surface area contributed by atoms with Crippen molar-refractivity contribution in [3.05, 3.63) is 21.9 Å². The van der Waals surface area contributed by atoms with Crippen LogP contribution in [0.3, 0.4) is 0 Å². The molecule has 5 nitrogen and oxygen atoms in total. The maximum atomic E-state index is 12.8. The molecule has 23 heavy (non-hydrogen) atoms. The molecular weight excluding hydrogens is 312 g/mol. The van der Waals surface area contributed by atoms with Crippen LogP contribution in [0.4, 0.5) is 0 Å². The van der Waals surface area contributed by atoms with E-state index < -0.39 is 12.2 Å². The first-order valence-corrected chi connectivity index (χ1v) is 9.42. The monoisotopic (exact) mass is 336 g/mol. The summed E-state index contributed by atoms with van der Waals surface area (Å²) >= 11 is 1.61. The highest BCUT2D eigenvalue weighted by molar-refractivity contribution is 7.14. The van der Waals surface area contributed by atoms with Crippen molar-refractivity contribution in [2.75, 3.05) is 19.6 Å². The predicted molar refractivity (Wildman–Crippen MR) is 88.4 cm³/mol. The summed E-state index contributed by atoms with van der Waals surface area (Å²) in [6.45, 7) is 2.48. The quantitative estimate of drug-likeness (QED) is 0.763. The van der Waals surface area contributed by atoms with Gasteiger partial charge in [-0.15, -0.1) is 11.3 Å². The Morgan fingerprint density at radius 2 is 1.87 bits per heavy atom. The minimum absolute atomic E-state index is 0.109. The Morgan fingerprint density at radius 3 is 2.48 bits per heavy atom. The molecule has 1 amide bonds. The van der Waals surface area contributed by atoms with Crippen molar-refractivity contribution in [1.82, 2.24) is 10.2 Å². The summed E-state index contributed by atoms with van der Waals surface area (Å²) in [5, 5.41) is 23.1. The molecule has 3 fully saturated rings. The fourth-order valence-electron chi connectivity index (χ4n) is 4.31. The van der Waals surface area contributed by atoms with E-state index in [9.17, 15) is 15.0 Å². The van der Waals surface area contributed by atoms with Gasteiger partial charge in [-0.2, -0.15) is 0 Å². The lowest BCUT2D eigenvalue weighted by molar-refractivity contribution is -0.0372. The molecule has 2 saturated heterocycles. The van der Waals surface area contributed by atoms with E-state index in [-0.39, 0.29) is 5.91 Å². The minimum atomic E-state index is -0.631. The number of nitrogens with one attached hydrogen (secondary N) is 1. The summed E-state index contributed by atoms with van der Waals surface area (Å²) < 4.78 is 0. The first-order chi connectivity index (χ1) is 11.1. The van der Waals surface area contributed by atoms with E-state index in [4.69, 9.17) is 0 Å². The summed E-state index contributed by atoms with van der Waals surface area (Å²) in [7, 11) is 0. The van der Waals surface area contributed by atoms with Gasteiger partial charge < -0.3 is 20.4 Å². The van der Waals surface area contributed by atoms with Gasteiger partial charge in [0.2, 0.25) is 0 Å². The molecule has 1 aromatic rings. The van der Waals surface area contributed by atoms with Crippen molar-refractivity contribution in [1.29, 1.82) is 0 Å². The van der Waals surface area contributed by atoms with Gasteiger partial charge in [-0.25, -0.2) is 0 Å². The second-order valence-corrected chi connectivity index (χ2v) is 8.30. The number of nitrogens with zero attached hydrogens (tertiary/aromatic N) is 1. The van der Waals surface area contributed by atoms with E-state index in [1.54, 1.807) is 11.3 Å². The number of amides is 1. The van der Waals surface area contributed by atoms with Crippen molar-refractivity contribution < 1.29 is 15.0 Å². The third kappa shape index (κ3) is 2.93. The van der Waals surface area contributed by atoms with Crippen LogP contribution >= 0.6 is 11.3 Å². The summed E-state index contributed by atoms with van der Waals surface area (Å²) in [5.41, 5.74) is 0. The number of carbonyl (C=O) groups is 1. The molecule has 126 valence electrons. The fraction of sp³-hybridized carbons (Fsp3) is 0.706. The van der Waals surface area contributed by atoms with Crippen LogP contribution in [0.25, 0.3) is 0 Å². The highest BCUT2D eigenvalue weighted by Crippen LogP contribution is 2.38. The highest BCUT2D eigenvalue weighted by Gasteiger charge is 2.42. The molecule has 3 N–H and O–H groups in total. The molecule has 3 heterocycles. The molecule has 0 radical (unpaired) electrons. The molecule has 5 atom stereocenters. The van der Waals surface area contributed by atoms with Crippen LogP contribution in [0.1, 0.15) is 46.3 Å². The van der Waals surface area contributed by atoms with Crippen LogP contribution in [0, 0.1) is 11.8 Å². The van der Waals surface area contributed by atoms with Crippen molar-refractivity contribution in [2.24, 2.45) is 11.8 Å². The van der Waals surface area contributed by atoms with Crippen LogP contribution < -0.4 is 5.32 Å². The maximum absolute atomic E-state index is 12.8. The second-order valence-electron chi connectivity index (χ2n) is 7.19. The Labute approximate surface area is 140 Å². The number of rotatable bonds is 2. The van der Waals surface area contributed by atoms with E-state index in [1.807, 2.05) is 11.0 Å². The number of hydrogen-bond donors (Lipinski definition) is 3. The van der Waals surface area contributed by atoms with E-state index >= 15 is 0 Å². The highest BCUT2D eigenvalue weighted by atomic mass is 32.1. The van der Waals surface area contributed by atoms with Crippen LogP contribution in [0.15, 0.2) is 12.1 Å². The number of thiophene rings is 1. The molecule has 1 unspecified atom stereocenters. The lowest BCUT2D eigenvalue weighted by Crippen LogP contribution is -2.38. The van der Waals surface area contributed by atoms with Crippen LogP contribution in [0.2, 0.25) is 0 Å². The zero-order chi connectivity index (χ0) is 16.0. The predicted octanol–water partition coefficient (Wildman–Crippen LogP) is 1.38. The average molecular weight is 336 g/mol. The van der Waals surface area contributed by atoms with E-state index in [2.05, 4.69) is 11.4 Å². The molecule has 1 aliphatic carbocycles. The first kappa shape index (κ1) is 15.6. The van der Waals surface area contributed by atoms with Crippen LogP contribution in [-0.4, -0.2) is 52.9 Å². The van der Waals surface area contributed by atoms with Gasteiger partial charge in [-0.05, 0) is 56.2 Å². The van der Waals surface area contributed by atoms with Gasteiger partial charge in [0, 0.05) is 24.0 Å². The Balaban J connectivity index is 1.43. The lowest BCUT2D eigenvalue weighted by Gasteiger charge is -2.31. The van der Waals surface area contributed by atoms with Crippen molar-refractivity contribution in [3.8, 4) is 0 Å². The van der Waals surface area contributed by atoms with Crippen molar-refractivity contribution in [3.63, 3.8) is 0 Å². The van der Waals surface area contributed by atoms with E-state index in [0.717, 1.165) is 17.8 Å².